The molecule has 0 aliphatic rings. The van der Waals surface area contributed by atoms with Gasteiger partial charge in [0.15, 0.2) is 9.84 Å². The Bertz CT molecular complexity index is 929. The van der Waals surface area contributed by atoms with Gasteiger partial charge in [-0.05, 0) is 50.6 Å². The van der Waals surface area contributed by atoms with Gasteiger partial charge in [-0.3, -0.25) is 4.79 Å². The van der Waals surface area contributed by atoms with Gasteiger partial charge in [0.25, 0.3) is 5.91 Å². The topological polar surface area (TPSA) is 85.4 Å². The molecule has 1 aromatic heterocycles. The Labute approximate surface area is 152 Å². The first-order chi connectivity index (χ1) is 12.1. The van der Waals surface area contributed by atoms with E-state index in [2.05, 4.69) is 10.3 Å². The van der Waals surface area contributed by atoms with Crippen molar-refractivity contribution in [3.63, 3.8) is 0 Å². The Morgan fingerprint density at radius 1 is 1.31 bits per heavy atom. The number of carbonyl (C=O) groups excluding carboxylic acids is 1. The molecule has 0 bridgehead atoms. The molecule has 140 valence electrons. The van der Waals surface area contributed by atoms with Crippen molar-refractivity contribution in [3.8, 4) is 5.88 Å². The van der Waals surface area contributed by atoms with E-state index in [0.717, 1.165) is 18.0 Å². The molecule has 1 N–H and O–H groups in total. The summed E-state index contributed by atoms with van der Waals surface area (Å²) < 4.78 is 42.4. The lowest BCUT2D eigenvalue weighted by Gasteiger charge is -2.16. The zero-order valence-corrected chi connectivity index (χ0v) is 15.9. The van der Waals surface area contributed by atoms with Gasteiger partial charge in [-0.1, -0.05) is 6.07 Å². The first-order valence-electron chi connectivity index (χ1n) is 8.04. The third-order valence-corrected chi connectivity index (χ3v) is 4.86. The molecule has 0 radical (unpaired) electrons. The number of nitrogens with zero attached hydrogens (tertiary/aromatic N) is 1. The van der Waals surface area contributed by atoms with Gasteiger partial charge in [0.05, 0.1) is 12.6 Å². The van der Waals surface area contributed by atoms with E-state index >= 15 is 0 Å². The van der Waals surface area contributed by atoms with Crippen LogP contribution in [-0.2, 0) is 9.84 Å². The van der Waals surface area contributed by atoms with Crippen LogP contribution in [0, 0.1) is 12.7 Å². The summed E-state index contributed by atoms with van der Waals surface area (Å²) >= 11 is 0. The molecule has 0 saturated carbocycles. The maximum absolute atomic E-state index is 14.1. The Morgan fingerprint density at radius 3 is 2.58 bits per heavy atom. The zero-order chi connectivity index (χ0) is 19.5. The van der Waals surface area contributed by atoms with Crippen LogP contribution in [0.1, 0.15) is 41.5 Å². The number of ether oxygens (including phenoxy) is 1. The molecule has 0 saturated heterocycles. The summed E-state index contributed by atoms with van der Waals surface area (Å²) in [5.74, 6) is -1.03. The molecular formula is C18H21FN2O4S. The van der Waals surface area contributed by atoms with Gasteiger partial charge in [-0.25, -0.2) is 17.8 Å². The SMILES string of the molecule is CCOc1nc(C)ccc1C(=O)N[C@@H](C)c1ccc(S(C)(=O)=O)c(F)c1. The average Bonchev–Trinajstić information content (AvgIpc) is 2.53. The highest BCUT2D eigenvalue weighted by atomic mass is 32.2. The van der Waals surface area contributed by atoms with Gasteiger partial charge >= 0.3 is 0 Å². The molecule has 0 unspecified atom stereocenters. The molecular weight excluding hydrogens is 359 g/mol. The van der Waals surface area contributed by atoms with Crippen LogP contribution in [-0.4, -0.2) is 32.2 Å². The lowest BCUT2D eigenvalue weighted by molar-refractivity contribution is 0.0935. The third-order valence-electron chi connectivity index (χ3n) is 3.73. The smallest absolute Gasteiger partial charge is 0.257 e. The number of hydrogen-bond donors (Lipinski definition) is 1. The van der Waals surface area contributed by atoms with E-state index in [1.165, 1.54) is 12.1 Å². The van der Waals surface area contributed by atoms with Crippen molar-refractivity contribution in [1.82, 2.24) is 10.3 Å². The fourth-order valence-electron chi connectivity index (χ4n) is 2.40. The lowest BCUT2D eigenvalue weighted by Crippen LogP contribution is -2.27. The first-order valence-corrected chi connectivity index (χ1v) is 9.93. The monoisotopic (exact) mass is 380 g/mol. The van der Waals surface area contributed by atoms with Crippen molar-refractivity contribution in [1.29, 1.82) is 0 Å². The van der Waals surface area contributed by atoms with Crippen LogP contribution in [0.25, 0.3) is 0 Å². The van der Waals surface area contributed by atoms with Gasteiger partial charge in [0.1, 0.15) is 16.3 Å². The summed E-state index contributed by atoms with van der Waals surface area (Å²) in [6, 6.07) is 6.55. The third kappa shape index (κ3) is 4.57. The fraction of sp³-hybridized carbons (Fsp3) is 0.333. The summed E-state index contributed by atoms with van der Waals surface area (Å²) in [6.45, 7) is 5.62. The van der Waals surface area contributed by atoms with Crippen molar-refractivity contribution >= 4 is 15.7 Å². The molecule has 1 amide bonds. The number of nitrogens with one attached hydrogen (secondary N) is 1. The summed E-state index contributed by atoms with van der Waals surface area (Å²) in [7, 11) is -3.65. The molecule has 26 heavy (non-hydrogen) atoms. The quantitative estimate of drug-likeness (QED) is 0.833. The van der Waals surface area contributed by atoms with E-state index in [-0.39, 0.29) is 16.3 Å². The summed E-state index contributed by atoms with van der Waals surface area (Å²) in [5.41, 5.74) is 1.44. The molecule has 0 aliphatic heterocycles. The molecule has 1 heterocycles. The van der Waals surface area contributed by atoms with E-state index in [9.17, 15) is 17.6 Å². The summed E-state index contributed by atoms with van der Waals surface area (Å²) in [4.78, 5) is 16.4. The second kappa shape index (κ2) is 7.82. The summed E-state index contributed by atoms with van der Waals surface area (Å²) in [5, 5.41) is 2.74. The molecule has 1 aromatic carbocycles. The Kier molecular flexibility index (Phi) is 5.97. The molecule has 0 fully saturated rings. The number of sulfone groups is 1. The van der Waals surface area contributed by atoms with E-state index < -0.39 is 27.6 Å². The van der Waals surface area contributed by atoms with Crippen LogP contribution in [0.15, 0.2) is 35.2 Å². The van der Waals surface area contributed by atoms with Crippen LogP contribution in [0.2, 0.25) is 0 Å². The number of carbonyl (C=O) groups is 1. The number of rotatable bonds is 6. The standard InChI is InChI=1S/C18H21FN2O4S/c1-5-25-18-14(8-6-11(2)20-18)17(22)21-12(3)13-7-9-16(15(19)10-13)26(4,23)24/h6-10,12H,5H2,1-4H3,(H,21,22)/t12-/m0/s1. The van der Waals surface area contributed by atoms with Crippen molar-refractivity contribution in [2.75, 3.05) is 12.9 Å². The van der Waals surface area contributed by atoms with Gasteiger partial charge in [0.2, 0.25) is 5.88 Å². The predicted octanol–water partition coefficient (Wildman–Crippen LogP) is 2.82. The minimum Gasteiger partial charge on any atom is -0.477 e. The number of aryl methyl sites for hydroxylation is 1. The van der Waals surface area contributed by atoms with Crippen LogP contribution in [0.4, 0.5) is 4.39 Å². The number of benzene rings is 1. The number of pyridine rings is 1. The van der Waals surface area contributed by atoms with E-state index in [4.69, 9.17) is 4.74 Å². The molecule has 2 rings (SSSR count). The van der Waals surface area contributed by atoms with Crippen molar-refractivity contribution in [2.24, 2.45) is 0 Å². The minimum absolute atomic E-state index is 0.232. The van der Waals surface area contributed by atoms with Gasteiger partial charge in [-0.2, -0.15) is 0 Å². The largest absolute Gasteiger partial charge is 0.477 e. The van der Waals surface area contributed by atoms with Crippen molar-refractivity contribution in [2.45, 2.75) is 31.7 Å². The van der Waals surface area contributed by atoms with Gasteiger partial charge in [-0.15, -0.1) is 0 Å². The average molecular weight is 380 g/mol. The number of halogens is 1. The molecule has 8 heteroatoms. The normalized spacial score (nSPS) is 12.5. The van der Waals surface area contributed by atoms with Crippen LogP contribution < -0.4 is 10.1 Å². The Hall–Kier alpha value is -2.48. The highest BCUT2D eigenvalue weighted by molar-refractivity contribution is 7.90. The van der Waals surface area contributed by atoms with Crippen molar-refractivity contribution in [3.05, 3.63) is 53.0 Å². The van der Waals surface area contributed by atoms with E-state index in [1.54, 1.807) is 32.9 Å². The minimum atomic E-state index is -3.65. The molecule has 0 spiro atoms. The maximum Gasteiger partial charge on any atom is 0.257 e. The molecule has 1 atom stereocenters. The number of amides is 1. The Balaban J connectivity index is 2.24. The molecule has 0 aliphatic carbocycles. The predicted molar refractivity (Wildman–Crippen MR) is 95.5 cm³/mol. The van der Waals surface area contributed by atoms with Crippen molar-refractivity contribution < 1.29 is 22.3 Å². The first kappa shape index (κ1) is 19.8. The van der Waals surface area contributed by atoms with Crippen LogP contribution in [0.5, 0.6) is 5.88 Å². The van der Waals surface area contributed by atoms with Gasteiger partial charge < -0.3 is 10.1 Å². The second-order valence-electron chi connectivity index (χ2n) is 5.90. The molecule has 2 aromatic rings. The highest BCUT2D eigenvalue weighted by Gasteiger charge is 2.19. The van der Waals surface area contributed by atoms with E-state index in [0.29, 0.717) is 12.2 Å². The van der Waals surface area contributed by atoms with Crippen LogP contribution >= 0.6 is 0 Å². The molecule has 6 nitrogen and oxygen atoms in total. The zero-order valence-electron chi connectivity index (χ0n) is 15.0. The number of hydrogen-bond acceptors (Lipinski definition) is 5. The number of aromatic nitrogens is 1. The van der Waals surface area contributed by atoms with Crippen LogP contribution in [0.3, 0.4) is 0 Å². The lowest BCUT2D eigenvalue weighted by atomic mass is 10.1. The Morgan fingerprint density at radius 2 is 2.00 bits per heavy atom. The second-order valence-corrected chi connectivity index (χ2v) is 7.88. The van der Waals surface area contributed by atoms with Gasteiger partial charge in [0, 0.05) is 11.9 Å². The fourth-order valence-corrected chi connectivity index (χ4v) is 3.13. The summed E-state index contributed by atoms with van der Waals surface area (Å²) in [6.07, 6.45) is 0.940. The maximum atomic E-state index is 14.1. The highest BCUT2D eigenvalue weighted by Crippen LogP contribution is 2.22. The van der Waals surface area contributed by atoms with E-state index in [1.807, 2.05) is 0 Å².